The number of anilines is 2. The van der Waals surface area contributed by atoms with Gasteiger partial charge in [-0.05, 0) is 45.7 Å². The van der Waals surface area contributed by atoms with Gasteiger partial charge >= 0.3 is 0 Å². The summed E-state index contributed by atoms with van der Waals surface area (Å²) in [5.41, 5.74) is 3.93. The van der Waals surface area contributed by atoms with E-state index in [0.717, 1.165) is 41.8 Å². The largest absolute Gasteiger partial charge is 0.480 e. The Morgan fingerprint density at radius 2 is 1.98 bits per heavy atom. The molecule has 6 heterocycles. The zero-order valence-corrected chi connectivity index (χ0v) is 25.9. The second kappa shape index (κ2) is 11.6. The SMILES string of the molecule is COc1ncc(-c2nc(N3CCOCC3)nc3c(CN4CCC(N5CCC[C@H]5C)C4)c(C)sc23)cc1NS(C)(=O)=O. The molecule has 1 unspecified atom stereocenters. The van der Waals surface area contributed by atoms with E-state index in [9.17, 15) is 8.42 Å². The molecule has 6 rings (SSSR count). The van der Waals surface area contributed by atoms with Gasteiger partial charge < -0.3 is 14.4 Å². The fourth-order valence-corrected chi connectivity index (χ4v) is 8.04. The highest BCUT2D eigenvalue weighted by molar-refractivity contribution is 7.92. The Labute approximate surface area is 245 Å². The molecule has 3 fully saturated rings. The number of fused-ring (bicyclic) bond motifs is 1. The van der Waals surface area contributed by atoms with Crippen molar-refractivity contribution in [3.63, 3.8) is 0 Å². The van der Waals surface area contributed by atoms with Crippen molar-refractivity contribution < 1.29 is 17.9 Å². The van der Waals surface area contributed by atoms with Crippen LogP contribution in [0.15, 0.2) is 12.3 Å². The maximum absolute atomic E-state index is 12.1. The highest BCUT2D eigenvalue weighted by atomic mass is 32.2. The average molecular weight is 602 g/mol. The predicted molar refractivity (Wildman–Crippen MR) is 163 cm³/mol. The molecule has 1 N–H and O–H groups in total. The summed E-state index contributed by atoms with van der Waals surface area (Å²) in [6.45, 7) is 11.4. The van der Waals surface area contributed by atoms with E-state index in [1.54, 1.807) is 23.6 Å². The summed E-state index contributed by atoms with van der Waals surface area (Å²) < 4.78 is 38.6. The van der Waals surface area contributed by atoms with Gasteiger partial charge in [-0.15, -0.1) is 11.3 Å². The molecule has 0 spiro atoms. The van der Waals surface area contributed by atoms with Gasteiger partial charge in [-0.1, -0.05) is 0 Å². The van der Waals surface area contributed by atoms with E-state index in [2.05, 4.69) is 38.3 Å². The van der Waals surface area contributed by atoms with E-state index in [-0.39, 0.29) is 11.6 Å². The molecule has 2 atom stereocenters. The van der Waals surface area contributed by atoms with Crippen LogP contribution in [0.1, 0.15) is 36.6 Å². The summed E-state index contributed by atoms with van der Waals surface area (Å²) in [6.07, 6.45) is 6.61. The van der Waals surface area contributed by atoms with Crippen molar-refractivity contribution in [1.29, 1.82) is 0 Å². The van der Waals surface area contributed by atoms with Crippen LogP contribution in [0, 0.1) is 6.92 Å². The highest BCUT2D eigenvalue weighted by Gasteiger charge is 2.33. The number of pyridine rings is 1. The minimum Gasteiger partial charge on any atom is -0.480 e. The molecule has 3 aliphatic heterocycles. The number of hydrogen-bond acceptors (Lipinski definition) is 11. The van der Waals surface area contributed by atoms with Crippen LogP contribution in [0.4, 0.5) is 11.6 Å². The zero-order valence-electron chi connectivity index (χ0n) is 24.2. The second-order valence-electron chi connectivity index (χ2n) is 11.3. The number of hydrogen-bond donors (Lipinski definition) is 1. The van der Waals surface area contributed by atoms with E-state index in [1.807, 2.05) is 0 Å². The Kier molecular flexibility index (Phi) is 8.07. The number of sulfonamides is 1. The first kappa shape index (κ1) is 28.5. The molecule has 0 radical (unpaired) electrons. The Bertz CT molecular complexity index is 1520. The summed E-state index contributed by atoms with van der Waals surface area (Å²) in [5.74, 6) is 0.866. The molecule has 0 bridgehead atoms. The molecular formula is C28H39N7O4S2. The second-order valence-corrected chi connectivity index (χ2v) is 14.3. The van der Waals surface area contributed by atoms with Crippen LogP contribution in [-0.2, 0) is 21.3 Å². The van der Waals surface area contributed by atoms with Crippen LogP contribution in [0.25, 0.3) is 21.5 Å². The standard InChI is InChI=1S/C28H39N7O4S2/c1-18-6-5-8-35(18)21-7-9-33(16-21)17-22-19(2)40-26-24(30-28(31-25(22)26)34-10-12-39-13-11-34)20-14-23(32-41(4,36)37)27(38-3)29-15-20/h14-15,18,21,32H,5-13,16-17H2,1-4H3/t18-,21?/m1/s1. The van der Waals surface area contributed by atoms with E-state index in [0.29, 0.717) is 49.9 Å². The Hall–Kier alpha value is -2.58. The molecule has 0 amide bonds. The number of likely N-dealkylation sites (tertiary alicyclic amines) is 2. The predicted octanol–water partition coefficient (Wildman–Crippen LogP) is 3.34. The lowest BCUT2D eigenvalue weighted by Crippen LogP contribution is -2.39. The van der Waals surface area contributed by atoms with Crippen LogP contribution >= 0.6 is 11.3 Å². The van der Waals surface area contributed by atoms with Crippen LogP contribution in [0.3, 0.4) is 0 Å². The number of nitrogens with zero attached hydrogens (tertiary/aromatic N) is 6. The van der Waals surface area contributed by atoms with Gasteiger partial charge in [-0.2, -0.15) is 0 Å². The third kappa shape index (κ3) is 6.00. The number of aryl methyl sites for hydroxylation is 1. The van der Waals surface area contributed by atoms with Gasteiger partial charge in [0.05, 0.1) is 42.5 Å². The molecule has 3 aromatic rings. The maximum Gasteiger partial charge on any atom is 0.238 e. The van der Waals surface area contributed by atoms with Gasteiger partial charge in [0.15, 0.2) is 0 Å². The zero-order chi connectivity index (χ0) is 28.7. The Morgan fingerprint density at radius 3 is 2.68 bits per heavy atom. The molecule has 3 aromatic heterocycles. The third-order valence-electron chi connectivity index (χ3n) is 8.43. The van der Waals surface area contributed by atoms with E-state index >= 15 is 0 Å². The number of ether oxygens (including phenoxy) is 2. The number of methoxy groups -OCH3 is 1. The lowest BCUT2D eigenvalue weighted by atomic mass is 10.1. The maximum atomic E-state index is 12.1. The Balaban J connectivity index is 1.40. The minimum absolute atomic E-state index is 0.205. The van der Waals surface area contributed by atoms with Crippen molar-refractivity contribution in [3.8, 4) is 17.1 Å². The van der Waals surface area contributed by atoms with Gasteiger partial charge in [0, 0.05) is 67.0 Å². The summed E-state index contributed by atoms with van der Waals surface area (Å²) >= 11 is 1.69. The highest BCUT2D eigenvalue weighted by Crippen LogP contribution is 2.40. The van der Waals surface area contributed by atoms with Gasteiger partial charge in [0.1, 0.15) is 5.69 Å². The quantitative estimate of drug-likeness (QED) is 0.413. The molecule has 41 heavy (non-hydrogen) atoms. The number of rotatable bonds is 8. The molecule has 0 aliphatic carbocycles. The fraction of sp³-hybridized carbons (Fsp3) is 0.607. The Morgan fingerprint density at radius 1 is 1.17 bits per heavy atom. The number of thiophene rings is 1. The lowest BCUT2D eigenvalue weighted by Gasteiger charge is -2.28. The van der Waals surface area contributed by atoms with Crippen molar-refractivity contribution in [1.82, 2.24) is 24.8 Å². The van der Waals surface area contributed by atoms with E-state index in [1.165, 1.54) is 43.4 Å². The number of nitrogens with one attached hydrogen (secondary N) is 1. The summed E-state index contributed by atoms with van der Waals surface area (Å²) in [7, 11) is -2.07. The first-order valence-electron chi connectivity index (χ1n) is 14.3. The lowest BCUT2D eigenvalue weighted by molar-refractivity contribution is 0.122. The van der Waals surface area contributed by atoms with Crippen molar-refractivity contribution in [2.45, 2.75) is 51.7 Å². The summed E-state index contributed by atoms with van der Waals surface area (Å²) in [5, 5.41) is 0. The van der Waals surface area contributed by atoms with Gasteiger partial charge in [0.2, 0.25) is 21.9 Å². The van der Waals surface area contributed by atoms with Crippen LogP contribution < -0.4 is 14.4 Å². The molecule has 222 valence electrons. The molecule has 11 nitrogen and oxygen atoms in total. The molecule has 13 heteroatoms. The smallest absolute Gasteiger partial charge is 0.238 e. The number of aromatic nitrogens is 3. The average Bonchev–Trinajstić information content (AvgIpc) is 3.67. The topological polar surface area (TPSA) is 113 Å². The van der Waals surface area contributed by atoms with Crippen LogP contribution in [0.2, 0.25) is 0 Å². The summed E-state index contributed by atoms with van der Waals surface area (Å²) in [6, 6.07) is 3.04. The van der Waals surface area contributed by atoms with Gasteiger partial charge in [-0.25, -0.2) is 23.4 Å². The van der Waals surface area contributed by atoms with Crippen LogP contribution in [-0.4, -0.2) is 105 Å². The van der Waals surface area contributed by atoms with E-state index in [4.69, 9.17) is 19.4 Å². The van der Waals surface area contributed by atoms with E-state index < -0.39 is 10.0 Å². The minimum atomic E-state index is -3.54. The molecular weight excluding hydrogens is 562 g/mol. The van der Waals surface area contributed by atoms with Crippen molar-refractivity contribution in [2.24, 2.45) is 0 Å². The first-order valence-corrected chi connectivity index (χ1v) is 17.0. The van der Waals surface area contributed by atoms with Gasteiger partial charge in [-0.3, -0.25) is 14.5 Å². The molecule has 0 saturated carbocycles. The monoisotopic (exact) mass is 601 g/mol. The first-order chi connectivity index (χ1) is 19.7. The van der Waals surface area contributed by atoms with Crippen molar-refractivity contribution in [3.05, 3.63) is 22.7 Å². The number of morpholine rings is 1. The van der Waals surface area contributed by atoms with Crippen molar-refractivity contribution in [2.75, 3.05) is 68.9 Å². The molecule has 0 aromatic carbocycles. The normalized spacial score (nSPS) is 22.6. The van der Waals surface area contributed by atoms with Crippen LogP contribution in [0.5, 0.6) is 5.88 Å². The third-order valence-corrected chi connectivity index (χ3v) is 10.2. The molecule has 3 aliphatic rings. The van der Waals surface area contributed by atoms with Gasteiger partial charge in [0.25, 0.3) is 0 Å². The fourth-order valence-electron chi connectivity index (χ4n) is 6.37. The van der Waals surface area contributed by atoms with Crippen molar-refractivity contribution >= 4 is 43.2 Å². The molecule has 3 saturated heterocycles. The summed E-state index contributed by atoms with van der Waals surface area (Å²) in [4.78, 5) is 23.3.